The molecule has 0 aromatic rings. The highest BCUT2D eigenvalue weighted by molar-refractivity contribution is 5.79. The van der Waals surface area contributed by atoms with Gasteiger partial charge in [-0.1, -0.05) is 5.57 Å². The maximum absolute atomic E-state index is 11.2. The van der Waals surface area contributed by atoms with Crippen molar-refractivity contribution in [2.45, 2.75) is 45.6 Å². The molecule has 0 rings (SSSR count). The third kappa shape index (κ3) is 7.48. The summed E-state index contributed by atoms with van der Waals surface area (Å²) in [5.74, 6) is 0.227. The van der Waals surface area contributed by atoms with Gasteiger partial charge in [-0.05, 0) is 27.2 Å². The molecule has 0 aromatic carbocycles. The van der Waals surface area contributed by atoms with Crippen molar-refractivity contribution in [2.75, 3.05) is 0 Å². The largest absolute Gasteiger partial charge is 0.325 e. The lowest BCUT2D eigenvalue weighted by Gasteiger charge is -2.16. The van der Waals surface area contributed by atoms with Crippen LogP contribution in [-0.4, -0.2) is 11.3 Å². The molecule has 0 bridgehead atoms. The van der Waals surface area contributed by atoms with Crippen molar-refractivity contribution in [3.8, 4) is 0 Å². The SMILES string of the molecule is C=C(C)CCC(=O)CC(C)(C)N. The van der Waals surface area contributed by atoms with Crippen molar-refractivity contribution in [3.63, 3.8) is 0 Å². The van der Waals surface area contributed by atoms with Crippen LogP contribution >= 0.6 is 0 Å². The first-order valence-corrected chi connectivity index (χ1v) is 4.26. The summed E-state index contributed by atoms with van der Waals surface area (Å²) in [6.07, 6.45) is 1.82. The average molecular weight is 169 g/mol. The Labute approximate surface area is 74.8 Å². The zero-order valence-electron chi connectivity index (χ0n) is 8.31. The molecule has 0 aliphatic rings. The Morgan fingerprint density at radius 2 is 1.92 bits per heavy atom. The molecule has 0 amide bonds. The van der Waals surface area contributed by atoms with Crippen LogP contribution < -0.4 is 5.73 Å². The van der Waals surface area contributed by atoms with Crippen LogP contribution in [0.15, 0.2) is 12.2 Å². The van der Waals surface area contributed by atoms with Crippen LogP contribution in [0.5, 0.6) is 0 Å². The first kappa shape index (κ1) is 11.4. The molecule has 0 atom stereocenters. The molecule has 2 nitrogen and oxygen atoms in total. The van der Waals surface area contributed by atoms with Crippen LogP contribution in [0.4, 0.5) is 0 Å². The maximum Gasteiger partial charge on any atom is 0.135 e. The lowest BCUT2D eigenvalue weighted by molar-refractivity contribution is -0.119. The Bertz CT molecular complexity index is 177. The molecular formula is C10H19NO. The summed E-state index contributed by atoms with van der Waals surface area (Å²) >= 11 is 0. The highest BCUT2D eigenvalue weighted by Crippen LogP contribution is 2.09. The van der Waals surface area contributed by atoms with Gasteiger partial charge in [-0.25, -0.2) is 0 Å². The van der Waals surface area contributed by atoms with Crippen molar-refractivity contribution < 1.29 is 4.79 Å². The fraction of sp³-hybridized carbons (Fsp3) is 0.700. The quantitative estimate of drug-likeness (QED) is 0.640. The van der Waals surface area contributed by atoms with Gasteiger partial charge >= 0.3 is 0 Å². The first-order chi connectivity index (χ1) is 5.31. The zero-order chi connectivity index (χ0) is 9.78. The van der Waals surface area contributed by atoms with Crippen molar-refractivity contribution >= 4 is 5.78 Å². The van der Waals surface area contributed by atoms with Gasteiger partial charge in [-0.2, -0.15) is 0 Å². The second-order valence-corrected chi connectivity index (χ2v) is 4.16. The molecule has 12 heavy (non-hydrogen) atoms. The number of nitrogens with two attached hydrogens (primary N) is 1. The number of carbonyl (C=O) groups is 1. The standard InChI is InChI=1S/C10H19NO/c1-8(2)5-6-9(12)7-10(3,4)11/h1,5-7,11H2,2-4H3. The minimum atomic E-state index is -0.369. The van der Waals surface area contributed by atoms with E-state index in [2.05, 4.69) is 6.58 Å². The Kier molecular flexibility index (Phi) is 4.18. The topological polar surface area (TPSA) is 43.1 Å². The molecule has 0 radical (unpaired) electrons. The Balaban J connectivity index is 3.68. The molecular weight excluding hydrogens is 150 g/mol. The second kappa shape index (κ2) is 4.41. The fourth-order valence-electron chi connectivity index (χ4n) is 0.949. The van der Waals surface area contributed by atoms with E-state index < -0.39 is 0 Å². The van der Waals surface area contributed by atoms with Gasteiger partial charge < -0.3 is 5.73 Å². The highest BCUT2D eigenvalue weighted by Gasteiger charge is 2.15. The van der Waals surface area contributed by atoms with Gasteiger partial charge in [0.2, 0.25) is 0 Å². The van der Waals surface area contributed by atoms with Crippen LogP contribution in [0.3, 0.4) is 0 Å². The van der Waals surface area contributed by atoms with E-state index in [4.69, 9.17) is 5.73 Å². The summed E-state index contributed by atoms with van der Waals surface area (Å²) < 4.78 is 0. The van der Waals surface area contributed by atoms with Gasteiger partial charge in [0.25, 0.3) is 0 Å². The average Bonchev–Trinajstić information content (AvgIpc) is 1.79. The van der Waals surface area contributed by atoms with Crippen LogP contribution in [-0.2, 0) is 4.79 Å². The molecule has 0 spiro atoms. The molecule has 0 heterocycles. The van der Waals surface area contributed by atoms with E-state index in [1.807, 2.05) is 20.8 Å². The zero-order valence-corrected chi connectivity index (χ0v) is 8.31. The van der Waals surface area contributed by atoms with Crippen molar-refractivity contribution in [1.82, 2.24) is 0 Å². The molecule has 2 heteroatoms. The molecule has 0 unspecified atom stereocenters. The van der Waals surface area contributed by atoms with E-state index in [9.17, 15) is 4.79 Å². The molecule has 0 saturated heterocycles. The predicted octanol–water partition coefficient (Wildman–Crippen LogP) is 2.04. The van der Waals surface area contributed by atoms with E-state index in [-0.39, 0.29) is 11.3 Å². The van der Waals surface area contributed by atoms with Gasteiger partial charge in [0.15, 0.2) is 0 Å². The van der Waals surface area contributed by atoms with E-state index in [0.29, 0.717) is 12.8 Å². The number of Topliss-reactive ketones (excluding diaryl/α,β-unsaturated/α-hetero) is 1. The number of carbonyl (C=O) groups excluding carboxylic acids is 1. The predicted molar refractivity (Wildman–Crippen MR) is 51.9 cm³/mol. The minimum absolute atomic E-state index is 0.227. The van der Waals surface area contributed by atoms with Gasteiger partial charge in [-0.15, -0.1) is 6.58 Å². The van der Waals surface area contributed by atoms with Gasteiger partial charge in [0.05, 0.1) is 0 Å². The third-order valence-electron chi connectivity index (χ3n) is 1.48. The number of hydrogen-bond donors (Lipinski definition) is 1. The summed E-state index contributed by atoms with van der Waals surface area (Å²) in [4.78, 5) is 11.2. The van der Waals surface area contributed by atoms with E-state index in [1.165, 1.54) is 0 Å². The molecule has 0 aromatic heterocycles. The van der Waals surface area contributed by atoms with Crippen LogP contribution in [0.1, 0.15) is 40.0 Å². The van der Waals surface area contributed by atoms with Crippen molar-refractivity contribution in [2.24, 2.45) is 5.73 Å². The normalized spacial score (nSPS) is 11.3. The number of hydrogen-bond acceptors (Lipinski definition) is 2. The lowest BCUT2D eigenvalue weighted by atomic mass is 9.96. The molecule has 0 aliphatic carbocycles. The summed E-state index contributed by atoms with van der Waals surface area (Å²) in [5.41, 5.74) is 6.38. The summed E-state index contributed by atoms with van der Waals surface area (Å²) in [7, 11) is 0. The molecule has 70 valence electrons. The third-order valence-corrected chi connectivity index (χ3v) is 1.48. The smallest absolute Gasteiger partial charge is 0.135 e. The Morgan fingerprint density at radius 1 is 1.42 bits per heavy atom. The van der Waals surface area contributed by atoms with Gasteiger partial charge in [-0.3, -0.25) is 4.79 Å². The van der Waals surface area contributed by atoms with Crippen LogP contribution in [0.2, 0.25) is 0 Å². The van der Waals surface area contributed by atoms with Crippen LogP contribution in [0, 0.1) is 0 Å². The Morgan fingerprint density at radius 3 is 2.25 bits per heavy atom. The molecule has 0 saturated carbocycles. The summed E-state index contributed by atoms with van der Waals surface area (Å²) in [6, 6.07) is 0. The monoisotopic (exact) mass is 169 g/mol. The van der Waals surface area contributed by atoms with Crippen molar-refractivity contribution in [3.05, 3.63) is 12.2 Å². The van der Waals surface area contributed by atoms with E-state index >= 15 is 0 Å². The second-order valence-electron chi connectivity index (χ2n) is 4.16. The number of rotatable bonds is 5. The number of allylic oxidation sites excluding steroid dienone is 1. The summed E-state index contributed by atoms with van der Waals surface area (Å²) in [5, 5.41) is 0. The fourth-order valence-corrected chi connectivity index (χ4v) is 0.949. The Hall–Kier alpha value is -0.630. The lowest BCUT2D eigenvalue weighted by Crippen LogP contribution is -2.34. The summed E-state index contributed by atoms with van der Waals surface area (Å²) in [6.45, 7) is 9.40. The van der Waals surface area contributed by atoms with Gasteiger partial charge in [0.1, 0.15) is 5.78 Å². The van der Waals surface area contributed by atoms with Crippen molar-refractivity contribution in [1.29, 1.82) is 0 Å². The molecule has 2 N–H and O–H groups in total. The van der Waals surface area contributed by atoms with Gasteiger partial charge in [0, 0.05) is 18.4 Å². The molecule has 0 aliphatic heterocycles. The number of ketones is 1. The first-order valence-electron chi connectivity index (χ1n) is 4.26. The highest BCUT2D eigenvalue weighted by atomic mass is 16.1. The van der Waals surface area contributed by atoms with Crippen LogP contribution in [0.25, 0.3) is 0 Å². The minimum Gasteiger partial charge on any atom is -0.325 e. The maximum atomic E-state index is 11.2. The molecule has 0 fully saturated rings. The van der Waals surface area contributed by atoms with E-state index in [1.54, 1.807) is 0 Å². The van der Waals surface area contributed by atoms with E-state index in [0.717, 1.165) is 12.0 Å².